The van der Waals surface area contributed by atoms with Gasteiger partial charge in [0.05, 0.1) is 19.8 Å². The van der Waals surface area contributed by atoms with Gasteiger partial charge in [-0.15, -0.1) is 11.3 Å². The fourth-order valence-corrected chi connectivity index (χ4v) is 4.43. The first-order valence-corrected chi connectivity index (χ1v) is 9.77. The number of hydrogen-bond donors (Lipinski definition) is 0. The number of thiophene rings is 1. The van der Waals surface area contributed by atoms with Crippen LogP contribution < -0.4 is 9.47 Å². The highest BCUT2D eigenvalue weighted by Gasteiger charge is 2.27. The third-order valence-corrected chi connectivity index (χ3v) is 6.15. The van der Waals surface area contributed by atoms with Gasteiger partial charge in [-0.25, -0.2) is 0 Å². The summed E-state index contributed by atoms with van der Waals surface area (Å²) >= 11 is 14.1. The SMILES string of the molecule is COc1cc(C(C)(C)c2cccs2)cc(OC)c1-c1cc(Cl)cc(Cl)c1. The Morgan fingerprint density at radius 3 is 1.92 bits per heavy atom. The molecule has 5 heteroatoms. The Labute approximate surface area is 168 Å². The first-order chi connectivity index (χ1) is 12.4. The van der Waals surface area contributed by atoms with E-state index in [1.165, 1.54) is 4.88 Å². The van der Waals surface area contributed by atoms with Crippen LogP contribution in [0, 0.1) is 0 Å². The van der Waals surface area contributed by atoms with Crippen LogP contribution in [0.2, 0.25) is 10.0 Å². The summed E-state index contributed by atoms with van der Waals surface area (Å²) in [6.07, 6.45) is 0. The van der Waals surface area contributed by atoms with E-state index in [0.717, 1.165) is 28.2 Å². The van der Waals surface area contributed by atoms with Crippen LogP contribution in [0.25, 0.3) is 11.1 Å². The summed E-state index contributed by atoms with van der Waals surface area (Å²) in [7, 11) is 3.32. The molecule has 0 atom stereocenters. The molecule has 0 radical (unpaired) electrons. The highest BCUT2D eigenvalue weighted by Crippen LogP contribution is 2.45. The van der Waals surface area contributed by atoms with E-state index in [9.17, 15) is 0 Å². The number of ether oxygens (including phenoxy) is 2. The van der Waals surface area contributed by atoms with Crippen molar-refractivity contribution >= 4 is 34.5 Å². The molecule has 0 bridgehead atoms. The molecule has 3 aromatic rings. The summed E-state index contributed by atoms with van der Waals surface area (Å²) in [5, 5.41) is 3.23. The molecule has 0 amide bonds. The number of hydrogen-bond acceptors (Lipinski definition) is 3. The van der Waals surface area contributed by atoms with E-state index in [4.69, 9.17) is 32.7 Å². The second kappa shape index (κ2) is 7.51. The van der Waals surface area contributed by atoms with Gasteiger partial charge in [0.1, 0.15) is 11.5 Å². The quantitative estimate of drug-likeness (QED) is 0.451. The molecule has 2 aromatic carbocycles. The van der Waals surface area contributed by atoms with E-state index in [2.05, 4.69) is 43.5 Å². The molecule has 0 aliphatic rings. The van der Waals surface area contributed by atoms with Crippen molar-refractivity contribution in [3.05, 3.63) is 68.3 Å². The minimum absolute atomic E-state index is 0.167. The Kier molecular flexibility index (Phi) is 5.52. The maximum atomic E-state index is 6.20. The molecule has 3 rings (SSSR count). The Hall–Kier alpha value is -1.68. The standard InChI is InChI=1S/C21H20Cl2O2S/c1-21(2,19-6-5-7-26-19)14-10-17(24-3)20(18(11-14)25-4)13-8-15(22)12-16(23)9-13/h5-12H,1-4H3. The number of halogens is 2. The van der Waals surface area contributed by atoms with Crippen molar-refractivity contribution in [2.45, 2.75) is 19.3 Å². The van der Waals surface area contributed by atoms with Gasteiger partial charge in [0, 0.05) is 20.3 Å². The van der Waals surface area contributed by atoms with Gasteiger partial charge < -0.3 is 9.47 Å². The van der Waals surface area contributed by atoms with Crippen LogP contribution in [0.15, 0.2) is 47.8 Å². The van der Waals surface area contributed by atoms with Crippen molar-refractivity contribution in [1.82, 2.24) is 0 Å². The molecule has 0 fully saturated rings. The average molecular weight is 407 g/mol. The zero-order chi connectivity index (χ0) is 18.9. The van der Waals surface area contributed by atoms with E-state index >= 15 is 0 Å². The van der Waals surface area contributed by atoms with Gasteiger partial charge in [0.15, 0.2) is 0 Å². The first kappa shape index (κ1) is 19.1. The summed E-state index contributed by atoms with van der Waals surface area (Å²) in [4.78, 5) is 1.28. The topological polar surface area (TPSA) is 18.5 Å². The van der Waals surface area contributed by atoms with Gasteiger partial charge >= 0.3 is 0 Å². The van der Waals surface area contributed by atoms with Crippen LogP contribution in [0.4, 0.5) is 0 Å². The normalized spacial score (nSPS) is 11.5. The Balaban J connectivity index is 2.22. The van der Waals surface area contributed by atoms with E-state index in [0.29, 0.717) is 10.0 Å². The Morgan fingerprint density at radius 2 is 1.46 bits per heavy atom. The fraction of sp³-hybridized carbons (Fsp3) is 0.238. The molecule has 0 saturated heterocycles. The van der Waals surface area contributed by atoms with Crippen molar-refractivity contribution in [2.75, 3.05) is 14.2 Å². The maximum absolute atomic E-state index is 6.20. The predicted octanol–water partition coefficient (Wildman–Crippen LogP) is 7.07. The fourth-order valence-electron chi connectivity index (χ4n) is 3.03. The van der Waals surface area contributed by atoms with Crippen molar-refractivity contribution in [3.63, 3.8) is 0 Å². The molecular weight excluding hydrogens is 387 g/mol. The largest absolute Gasteiger partial charge is 0.496 e. The Morgan fingerprint density at radius 1 is 0.885 bits per heavy atom. The summed E-state index contributed by atoms with van der Waals surface area (Å²) < 4.78 is 11.4. The van der Waals surface area contributed by atoms with Crippen LogP contribution in [-0.4, -0.2) is 14.2 Å². The minimum atomic E-state index is -0.167. The zero-order valence-electron chi connectivity index (χ0n) is 15.1. The number of benzene rings is 2. The smallest absolute Gasteiger partial charge is 0.130 e. The van der Waals surface area contributed by atoms with E-state index in [-0.39, 0.29) is 5.41 Å². The van der Waals surface area contributed by atoms with Crippen LogP contribution in [0.5, 0.6) is 11.5 Å². The molecule has 0 spiro atoms. The average Bonchev–Trinajstić information content (AvgIpc) is 3.15. The summed E-state index contributed by atoms with van der Waals surface area (Å²) in [6, 6.07) is 13.8. The van der Waals surface area contributed by atoms with Crippen molar-refractivity contribution in [3.8, 4) is 22.6 Å². The molecule has 2 nitrogen and oxygen atoms in total. The van der Waals surface area contributed by atoms with Gasteiger partial charge in [-0.2, -0.15) is 0 Å². The van der Waals surface area contributed by atoms with Gasteiger partial charge in [0.2, 0.25) is 0 Å². The molecule has 0 unspecified atom stereocenters. The molecule has 0 N–H and O–H groups in total. The highest BCUT2D eigenvalue weighted by molar-refractivity contribution is 7.10. The van der Waals surface area contributed by atoms with E-state index in [1.807, 2.05) is 12.1 Å². The molecule has 26 heavy (non-hydrogen) atoms. The molecule has 1 heterocycles. The lowest BCUT2D eigenvalue weighted by Gasteiger charge is -2.26. The molecule has 136 valence electrons. The lowest BCUT2D eigenvalue weighted by Crippen LogP contribution is -2.17. The third kappa shape index (κ3) is 3.57. The lowest BCUT2D eigenvalue weighted by molar-refractivity contribution is 0.395. The first-order valence-electron chi connectivity index (χ1n) is 8.13. The molecular formula is C21H20Cl2O2S. The predicted molar refractivity (Wildman–Crippen MR) is 111 cm³/mol. The van der Waals surface area contributed by atoms with Crippen LogP contribution >= 0.6 is 34.5 Å². The minimum Gasteiger partial charge on any atom is -0.496 e. The van der Waals surface area contributed by atoms with E-state index < -0.39 is 0 Å². The molecule has 0 saturated carbocycles. The van der Waals surface area contributed by atoms with Crippen molar-refractivity contribution in [2.24, 2.45) is 0 Å². The van der Waals surface area contributed by atoms with Crippen LogP contribution in [0.3, 0.4) is 0 Å². The second-order valence-corrected chi connectivity index (χ2v) is 8.34. The summed E-state index contributed by atoms with van der Waals surface area (Å²) in [6.45, 7) is 4.39. The number of rotatable bonds is 5. The van der Waals surface area contributed by atoms with Gasteiger partial charge in [0.25, 0.3) is 0 Å². The maximum Gasteiger partial charge on any atom is 0.130 e. The highest BCUT2D eigenvalue weighted by atomic mass is 35.5. The zero-order valence-corrected chi connectivity index (χ0v) is 17.4. The third-order valence-electron chi connectivity index (χ3n) is 4.52. The van der Waals surface area contributed by atoms with Crippen molar-refractivity contribution < 1.29 is 9.47 Å². The van der Waals surface area contributed by atoms with Gasteiger partial charge in [-0.3, -0.25) is 0 Å². The summed E-state index contributed by atoms with van der Waals surface area (Å²) in [5.74, 6) is 1.45. The molecule has 0 aliphatic carbocycles. The summed E-state index contributed by atoms with van der Waals surface area (Å²) in [5.41, 5.74) is 2.64. The lowest BCUT2D eigenvalue weighted by atomic mass is 9.82. The number of methoxy groups -OCH3 is 2. The monoisotopic (exact) mass is 406 g/mol. The molecule has 1 aromatic heterocycles. The van der Waals surface area contributed by atoms with Crippen LogP contribution in [-0.2, 0) is 5.41 Å². The second-order valence-electron chi connectivity index (χ2n) is 6.52. The van der Waals surface area contributed by atoms with Crippen molar-refractivity contribution in [1.29, 1.82) is 0 Å². The van der Waals surface area contributed by atoms with Gasteiger partial charge in [-0.05, 0) is 52.9 Å². The van der Waals surface area contributed by atoms with Gasteiger partial charge in [-0.1, -0.05) is 43.1 Å². The molecule has 0 aliphatic heterocycles. The van der Waals surface area contributed by atoms with E-state index in [1.54, 1.807) is 31.6 Å². The van der Waals surface area contributed by atoms with Crippen LogP contribution in [0.1, 0.15) is 24.3 Å². The Bertz CT molecular complexity index is 873.